The molecule has 0 unspecified atom stereocenters. The van der Waals surface area contributed by atoms with Crippen molar-refractivity contribution in [2.45, 2.75) is 24.7 Å². The summed E-state index contributed by atoms with van der Waals surface area (Å²) in [5.74, 6) is 1.34. The summed E-state index contributed by atoms with van der Waals surface area (Å²) < 4.78 is 36.0. The van der Waals surface area contributed by atoms with Gasteiger partial charge in [-0.25, -0.2) is 12.7 Å². The molecule has 0 saturated carbocycles. The first kappa shape index (κ1) is 22.7. The number of aryl methyl sites for hydroxylation is 2. The summed E-state index contributed by atoms with van der Waals surface area (Å²) in [6.07, 6.45) is 1.04. The summed E-state index contributed by atoms with van der Waals surface area (Å²) in [7, 11) is 1.15. The maximum atomic E-state index is 12.0. The third kappa shape index (κ3) is 6.47. The standard InChI is InChI=1S/C21H28N2O5S/c1-16-15-17(5-11-20(16)27-4)6-12-21(24)22-13-14-28-18-7-9-19(10-8-18)29(25,26)23(2)3/h5,7-11,15H,6,12-14H2,1-4H3,(H,22,24). The Labute approximate surface area is 172 Å². The number of sulfonamides is 1. The van der Waals surface area contributed by atoms with E-state index >= 15 is 0 Å². The molecule has 29 heavy (non-hydrogen) atoms. The number of amides is 1. The first-order valence-electron chi connectivity index (χ1n) is 9.29. The van der Waals surface area contributed by atoms with Gasteiger partial charge in [0.1, 0.15) is 18.1 Å². The molecule has 0 aromatic heterocycles. The number of carbonyl (C=O) groups excluding carboxylic acids is 1. The molecule has 158 valence electrons. The van der Waals surface area contributed by atoms with Gasteiger partial charge in [0.2, 0.25) is 15.9 Å². The number of hydrogen-bond acceptors (Lipinski definition) is 5. The molecule has 2 aromatic carbocycles. The van der Waals surface area contributed by atoms with Gasteiger partial charge in [0.15, 0.2) is 0 Å². The lowest BCUT2D eigenvalue weighted by molar-refractivity contribution is -0.121. The van der Waals surface area contributed by atoms with Crippen molar-refractivity contribution >= 4 is 15.9 Å². The van der Waals surface area contributed by atoms with Gasteiger partial charge in [0.05, 0.1) is 18.6 Å². The Kier molecular flexibility index (Phi) is 8.04. The number of methoxy groups -OCH3 is 1. The Morgan fingerprint density at radius 1 is 1.10 bits per heavy atom. The van der Waals surface area contributed by atoms with Crippen LogP contribution in [0.15, 0.2) is 47.4 Å². The zero-order valence-electron chi connectivity index (χ0n) is 17.3. The number of rotatable bonds is 10. The van der Waals surface area contributed by atoms with Gasteiger partial charge in [-0.15, -0.1) is 0 Å². The normalized spacial score (nSPS) is 11.3. The minimum Gasteiger partial charge on any atom is -0.496 e. The van der Waals surface area contributed by atoms with E-state index < -0.39 is 10.0 Å². The Morgan fingerprint density at radius 2 is 1.79 bits per heavy atom. The van der Waals surface area contributed by atoms with E-state index in [0.717, 1.165) is 21.2 Å². The summed E-state index contributed by atoms with van der Waals surface area (Å²) in [5.41, 5.74) is 2.13. The molecule has 1 amide bonds. The maximum absolute atomic E-state index is 12.0. The minimum absolute atomic E-state index is 0.0468. The van der Waals surface area contributed by atoms with E-state index in [0.29, 0.717) is 31.7 Å². The molecular weight excluding hydrogens is 392 g/mol. The third-order valence-electron chi connectivity index (χ3n) is 4.40. The van der Waals surface area contributed by atoms with Crippen LogP contribution in [-0.2, 0) is 21.2 Å². The molecule has 0 aliphatic carbocycles. The lowest BCUT2D eigenvalue weighted by atomic mass is 10.1. The Hall–Kier alpha value is -2.58. The highest BCUT2D eigenvalue weighted by molar-refractivity contribution is 7.89. The molecule has 0 radical (unpaired) electrons. The van der Waals surface area contributed by atoms with Crippen LogP contribution in [0.5, 0.6) is 11.5 Å². The predicted molar refractivity (Wildman–Crippen MR) is 112 cm³/mol. The summed E-state index contributed by atoms with van der Waals surface area (Å²) in [6.45, 7) is 2.65. The maximum Gasteiger partial charge on any atom is 0.242 e. The predicted octanol–water partition coefficient (Wildman–Crippen LogP) is 2.38. The summed E-state index contributed by atoms with van der Waals surface area (Å²) in [6, 6.07) is 12.1. The van der Waals surface area contributed by atoms with Crippen LogP contribution in [-0.4, -0.2) is 53.0 Å². The lowest BCUT2D eigenvalue weighted by Gasteiger charge is -2.12. The van der Waals surface area contributed by atoms with Gasteiger partial charge in [-0.2, -0.15) is 0 Å². The van der Waals surface area contributed by atoms with Crippen LogP contribution in [0, 0.1) is 6.92 Å². The van der Waals surface area contributed by atoms with Crippen molar-refractivity contribution in [2.75, 3.05) is 34.4 Å². The number of carbonyl (C=O) groups is 1. The smallest absolute Gasteiger partial charge is 0.242 e. The number of benzene rings is 2. The molecule has 0 bridgehead atoms. The molecule has 0 saturated heterocycles. The van der Waals surface area contributed by atoms with Crippen LogP contribution in [0.3, 0.4) is 0 Å². The summed E-state index contributed by atoms with van der Waals surface area (Å²) in [4.78, 5) is 12.2. The number of nitrogens with zero attached hydrogens (tertiary/aromatic N) is 1. The highest BCUT2D eigenvalue weighted by Gasteiger charge is 2.16. The lowest BCUT2D eigenvalue weighted by Crippen LogP contribution is -2.28. The SMILES string of the molecule is COc1ccc(CCC(=O)NCCOc2ccc(S(=O)(=O)N(C)C)cc2)cc1C. The first-order valence-corrected chi connectivity index (χ1v) is 10.7. The molecule has 0 aliphatic heterocycles. The van der Waals surface area contributed by atoms with E-state index in [2.05, 4.69) is 5.32 Å². The van der Waals surface area contributed by atoms with Gasteiger partial charge in [-0.1, -0.05) is 12.1 Å². The number of hydrogen-bond donors (Lipinski definition) is 1. The van der Waals surface area contributed by atoms with Crippen molar-refractivity contribution in [3.63, 3.8) is 0 Å². The van der Waals surface area contributed by atoms with Crippen molar-refractivity contribution in [3.05, 3.63) is 53.6 Å². The molecule has 2 aromatic rings. The van der Waals surface area contributed by atoms with Gasteiger partial charge in [0.25, 0.3) is 0 Å². The van der Waals surface area contributed by atoms with Crippen LogP contribution in [0.1, 0.15) is 17.5 Å². The quantitative estimate of drug-likeness (QED) is 0.597. The highest BCUT2D eigenvalue weighted by atomic mass is 32.2. The van der Waals surface area contributed by atoms with Crippen molar-refractivity contribution in [1.82, 2.24) is 9.62 Å². The fourth-order valence-electron chi connectivity index (χ4n) is 2.72. The fraction of sp³-hybridized carbons (Fsp3) is 0.381. The molecular formula is C21H28N2O5S. The van der Waals surface area contributed by atoms with Crippen molar-refractivity contribution < 1.29 is 22.7 Å². The van der Waals surface area contributed by atoms with Crippen LogP contribution in [0.4, 0.5) is 0 Å². The van der Waals surface area contributed by atoms with Crippen LogP contribution in [0.25, 0.3) is 0 Å². The van der Waals surface area contributed by atoms with E-state index in [1.807, 2.05) is 25.1 Å². The topological polar surface area (TPSA) is 84.9 Å². The second-order valence-electron chi connectivity index (χ2n) is 6.76. The molecule has 0 heterocycles. The van der Waals surface area contributed by atoms with Gasteiger partial charge < -0.3 is 14.8 Å². The van der Waals surface area contributed by atoms with E-state index in [9.17, 15) is 13.2 Å². The minimum atomic E-state index is -3.45. The second kappa shape index (κ2) is 10.3. The van der Waals surface area contributed by atoms with E-state index in [4.69, 9.17) is 9.47 Å². The number of nitrogens with one attached hydrogen (secondary N) is 1. The first-order chi connectivity index (χ1) is 13.7. The second-order valence-corrected chi connectivity index (χ2v) is 8.91. The summed E-state index contributed by atoms with van der Waals surface area (Å²) in [5, 5.41) is 2.82. The Balaban J connectivity index is 1.72. The average molecular weight is 421 g/mol. The highest BCUT2D eigenvalue weighted by Crippen LogP contribution is 2.19. The molecule has 0 fully saturated rings. The number of ether oxygens (including phenoxy) is 2. The van der Waals surface area contributed by atoms with Gasteiger partial charge >= 0.3 is 0 Å². The van der Waals surface area contributed by atoms with E-state index in [1.165, 1.54) is 26.2 Å². The molecule has 0 aliphatic rings. The van der Waals surface area contributed by atoms with Crippen molar-refractivity contribution in [2.24, 2.45) is 0 Å². The van der Waals surface area contributed by atoms with Crippen LogP contribution >= 0.6 is 0 Å². The monoisotopic (exact) mass is 420 g/mol. The van der Waals surface area contributed by atoms with Crippen LogP contribution < -0.4 is 14.8 Å². The van der Waals surface area contributed by atoms with E-state index in [-0.39, 0.29) is 10.8 Å². The Bertz CT molecular complexity index is 925. The zero-order chi connectivity index (χ0) is 21.4. The van der Waals surface area contributed by atoms with Gasteiger partial charge in [-0.05, 0) is 54.8 Å². The molecule has 1 N–H and O–H groups in total. The van der Waals surface area contributed by atoms with Gasteiger partial charge in [0, 0.05) is 20.5 Å². The fourth-order valence-corrected chi connectivity index (χ4v) is 3.62. The summed E-state index contributed by atoms with van der Waals surface area (Å²) >= 11 is 0. The van der Waals surface area contributed by atoms with Gasteiger partial charge in [-0.3, -0.25) is 4.79 Å². The third-order valence-corrected chi connectivity index (χ3v) is 6.22. The molecule has 0 spiro atoms. The van der Waals surface area contributed by atoms with Crippen molar-refractivity contribution in [1.29, 1.82) is 0 Å². The zero-order valence-corrected chi connectivity index (χ0v) is 18.1. The largest absolute Gasteiger partial charge is 0.496 e. The molecule has 2 rings (SSSR count). The van der Waals surface area contributed by atoms with Crippen molar-refractivity contribution in [3.8, 4) is 11.5 Å². The van der Waals surface area contributed by atoms with E-state index in [1.54, 1.807) is 19.2 Å². The molecule has 0 atom stereocenters. The molecule has 8 heteroatoms. The molecule has 7 nitrogen and oxygen atoms in total. The average Bonchev–Trinajstić information content (AvgIpc) is 2.70. The van der Waals surface area contributed by atoms with Crippen LogP contribution in [0.2, 0.25) is 0 Å². The Morgan fingerprint density at radius 3 is 2.38 bits per heavy atom.